The minimum Gasteiger partial charge on any atom is -0.497 e. The van der Waals surface area contributed by atoms with Crippen LogP contribution in [0.5, 0.6) is 5.75 Å². The van der Waals surface area contributed by atoms with E-state index in [9.17, 15) is 18.0 Å². The number of piperazine rings is 1. The van der Waals surface area contributed by atoms with E-state index in [2.05, 4.69) is 20.7 Å². The van der Waals surface area contributed by atoms with Crippen molar-refractivity contribution < 1.29 is 31.7 Å². The van der Waals surface area contributed by atoms with Crippen LogP contribution in [-0.2, 0) is 26.6 Å². The normalized spacial score (nSPS) is 28.2. The van der Waals surface area contributed by atoms with Crippen LogP contribution in [0.15, 0.2) is 45.8 Å². The monoisotopic (exact) mass is 693 g/mol. The van der Waals surface area contributed by atoms with Crippen molar-refractivity contribution in [2.24, 2.45) is 5.73 Å². The smallest absolute Gasteiger partial charge is 0.266 e. The first-order chi connectivity index (χ1) is 23.4. The lowest BCUT2D eigenvalue weighted by atomic mass is 9.57. The molecule has 1 atom stereocenters. The van der Waals surface area contributed by atoms with Crippen LogP contribution in [0.4, 0.5) is 16.0 Å². The van der Waals surface area contributed by atoms with Crippen LogP contribution < -0.4 is 30.9 Å². The van der Waals surface area contributed by atoms with Gasteiger partial charge in [-0.1, -0.05) is 12.1 Å². The lowest BCUT2D eigenvalue weighted by Crippen LogP contribution is -2.58. The van der Waals surface area contributed by atoms with Crippen LogP contribution in [0.25, 0.3) is 0 Å². The summed E-state index contributed by atoms with van der Waals surface area (Å²) in [5, 5.41) is 11.1. The van der Waals surface area contributed by atoms with E-state index in [1.807, 2.05) is 0 Å². The molecule has 1 spiro atoms. The van der Waals surface area contributed by atoms with Gasteiger partial charge in [-0.3, -0.25) is 9.59 Å². The van der Waals surface area contributed by atoms with E-state index in [-0.39, 0.29) is 33.6 Å². The van der Waals surface area contributed by atoms with E-state index in [4.69, 9.17) is 20.0 Å². The molecule has 4 N–H and O–H groups in total. The minimum absolute atomic E-state index is 0.0370. The number of halogens is 1. The third-order valence-electron chi connectivity index (χ3n) is 11.4. The standard InChI is InChI=1S/C34H40FN7O6S/c1-47-22-4-2-21(3-5-22)18-42-26-16-23(24(35)17-27(26)49(45,46)19-25(36)29(42)44)28(43)39-33-9-6-32(7-10-33,8-11-33)30-38-31(40-48-30)41-15-14-37-34(20-41)12-13-34/h2-5,16-17,25,37H,6-15,18-20,36H2,1H3,(H,39,43)/t25-,32?,33?/m0/s1. The third kappa shape index (κ3) is 5.65. The van der Waals surface area contributed by atoms with E-state index in [0.717, 1.165) is 57.8 Å². The Kier molecular flexibility index (Phi) is 7.54. The van der Waals surface area contributed by atoms with E-state index in [0.29, 0.717) is 42.4 Å². The Morgan fingerprint density at radius 1 is 1.12 bits per heavy atom. The second kappa shape index (κ2) is 11.5. The van der Waals surface area contributed by atoms with E-state index in [1.54, 1.807) is 24.3 Å². The predicted molar refractivity (Wildman–Crippen MR) is 177 cm³/mol. The molecule has 1 saturated heterocycles. The van der Waals surface area contributed by atoms with Crippen molar-refractivity contribution in [3.63, 3.8) is 0 Å². The van der Waals surface area contributed by atoms with Gasteiger partial charge in [-0.25, -0.2) is 12.8 Å². The number of benzene rings is 2. The van der Waals surface area contributed by atoms with Crippen LogP contribution in [0.2, 0.25) is 0 Å². The maximum atomic E-state index is 15.7. The summed E-state index contributed by atoms with van der Waals surface area (Å²) in [7, 11) is -2.61. The van der Waals surface area contributed by atoms with Crippen molar-refractivity contribution in [3.8, 4) is 5.75 Å². The number of hydrogen-bond acceptors (Lipinski definition) is 11. The van der Waals surface area contributed by atoms with Crippen molar-refractivity contribution in [2.45, 2.75) is 85.3 Å². The lowest BCUT2D eigenvalue weighted by molar-refractivity contribution is -0.119. The largest absolute Gasteiger partial charge is 0.497 e. The molecule has 260 valence electrons. The Balaban J connectivity index is 1.02. The number of hydrogen-bond donors (Lipinski definition) is 3. The number of aromatic nitrogens is 2. The SMILES string of the molecule is COc1ccc(CN2C(=O)[C@@H](N)CS(=O)(=O)c3cc(F)c(C(=O)NC45CCC(c6nc(N7CCNC8(CC8)C7)no6)(CC4)CC5)cc32)cc1. The Hall–Kier alpha value is -4.08. The number of rotatable bonds is 7. The molecule has 0 radical (unpaired) electrons. The molecule has 2 bridgehead atoms. The fraction of sp³-hybridized carbons (Fsp3) is 0.529. The highest BCUT2D eigenvalue weighted by atomic mass is 32.2. The first-order valence-corrected chi connectivity index (χ1v) is 18.5. The number of fused-ring (bicyclic) bond motifs is 4. The molecule has 13 nitrogen and oxygen atoms in total. The highest BCUT2D eigenvalue weighted by Gasteiger charge is 2.53. The van der Waals surface area contributed by atoms with Gasteiger partial charge in [0, 0.05) is 36.1 Å². The summed E-state index contributed by atoms with van der Waals surface area (Å²) in [6.07, 6.45) is 6.44. The molecule has 3 heterocycles. The fourth-order valence-corrected chi connectivity index (χ4v) is 9.71. The molecule has 49 heavy (non-hydrogen) atoms. The number of carbonyl (C=O) groups excluding carboxylic acids is 2. The van der Waals surface area contributed by atoms with Crippen LogP contribution in [0.1, 0.15) is 73.2 Å². The molecule has 4 aliphatic carbocycles. The summed E-state index contributed by atoms with van der Waals surface area (Å²) >= 11 is 0. The molecule has 15 heteroatoms. The number of nitrogens with one attached hydrogen (secondary N) is 2. The van der Waals surface area contributed by atoms with Gasteiger partial charge in [-0.15, -0.1) is 0 Å². The predicted octanol–water partition coefficient (Wildman–Crippen LogP) is 2.58. The number of sulfone groups is 1. The zero-order chi connectivity index (χ0) is 34.2. The summed E-state index contributed by atoms with van der Waals surface area (Å²) in [6.45, 7) is 2.56. The molecule has 9 rings (SSSR count). The van der Waals surface area contributed by atoms with Crippen LogP contribution in [-0.4, -0.2) is 80.0 Å². The fourth-order valence-electron chi connectivity index (χ4n) is 8.15. The molecule has 0 unspecified atom stereocenters. The van der Waals surface area contributed by atoms with Gasteiger partial charge in [0.15, 0.2) is 9.84 Å². The zero-order valence-corrected chi connectivity index (χ0v) is 28.2. The molecule has 6 aliphatic rings. The van der Waals surface area contributed by atoms with Gasteiger partial charge in [0.2, 0.25) is 11.8 Å². The molecule has 1 aromatic heterocycles. The van der Waals surface area contributed by atoms with E-state index < -0.39 is 44.8 Å². The number of methoxy groups -OCH3 is 1. The van der Waals surface area contributed by atoms with Crippen molar-refractivity contribution in [1.82, 2.24) is 20.8 Å². The van der Waals surface area contributed by atoms with Crippen LogP contribution in [0.3, 0.4) is 0 Å². The molecular formula is C34H40FN7O6S. The molecule has 4 saturated carbocycles. The highest BCUT2D eigenvalue weighted by molar-refractivity contribution is 7.91. The van der Waals surface area contributed by atoms with Crippen molar-refractivity contribution in [3.05, 3.63) is 59.2 Å². The Morgan fingerprint density at radius 2 is 1.84 bits per heavy atom. The number of carbonyl (C=O) groups is 2. The Labute approximate surface area is 283 Å². The Bertz CT molecular complexity index is 1900. The lowest BCUT2D eigenvalue weighted by Gasteiger charge is -2.52. The molecule has 5 fully saturated rings. The van der Waals surface area contributed by atoms with Gasteiger partial charge in [-0.2, -0.15) is 4.98 Å². The van der Waals surface area contributed by atoms with Crippen molar-refractivity contribution >= 4 is 33.3 Å². The average molecular weight is 694 g/mol. The quantitative estimate of drug-likeness (QED) is 0.332. The third-order valence-corrected chi connectivity index (χ3v) is 13.2. The summed E-state index contributed by atoms with van der Waals surface area (Å²) in [6, 6.07) is 7.56. The molecule has 3 aromatic rings. The molecule has 2 amide bonds. The molecular weight excluding hydrogens is 653 g/mol. The van der Waals surface area contributed by atoms with E-state index in [1.165, 1.54) is 18.1 Å². The average Bonchev–Trinajstić information content (AvgIpc) is 3.64. The van der Waals surface area contributed by atoms with Gasteiger partial charge in [-0.05, 0) is 86.4 Å². The summed E-state index contributed by atoms with van der Waals surface area (Å²) in [5.41, 5.74) is 5.66. The summed E-state index contributed by atoms with van der Waals surface area (Å²) < 4.78 is 53.4. The van der Waals surface area contributed by atoms with Gasteiger partial charge < -0.3 is 35.4 Å². The van der Waals surface area contributed by atoms with Crippen molar-refractivity contribution in [2.75, 3.05) is 42.3 Å². The van der Waals surface area contributed by atoms with Gasteiger partial charge in [0.25, 0.3) is 11.9 Å². The minimum atomic E-state index is -4.15. The maximum absolute atomic E-state index is 15.7. The van der Waals surface area contributed by atoms with Gasteiger partial charge >= 0.3 is 0 Å². The second-order valence-electron chi connectivity index (χ2n) is 14.5. The van der Waals surface area contributed by atoms with Gasteiger partial charge in [0.1, 0.15) is 11.6 Å². The zero-order valence-electron chi connectivity index (χ0n) is 27.3. The van der Waals surface area contributed by atoms with Crippen LogP contribution >= 0.6 is 0 Å². The van der Waals surface area contributed by atoms with Crippen LogP contribution in [0, 0.1) is 5.82 Å². The number of anilines is 2. The molecule has 2 aromatic carbocycles. The number of nitrogens with two attached hydrogens (primary N) is 1. The number of nitrogens with zero attached hydrogens (tertiary/aromatic N) is 4. The topological polar surface area (TPSA) is 173 Å². The van der Waals surface area contributed by atoms with Crippen molar-refractivity contribution in [1.29, 1.82) is 0 Å². The Morgan fingerprint density at radius 3 is 2.51 bits per heavy atom. The highest BCUT2D eigenvalue weighted by Crippen LogP contribution is 2.53. The number of ether oxygens (including phenoxy) is 1. The summed E-state index contributed by atoms with van der Waals surface area (Å²) in [5.74, 6) is -1.08. The maximum Gasteiger partial charge on any atom is 0.266 e. The number of amides is 2. The first kappa shape index (κ1) is 32.1. The van der Waals surface area contributed by atoms with Gasteiger partial charge in [0.05, 0.1) is 41.6 Å². The first-order valence-electron chi connectivity index (χ1n) is 16.9. The summed E-state index contributed by atoms with van der Waals surface area (Å²) in [4.78, 5) is 35.2. The molecule has 2 aliphatic heterocycles. The van der Waals surface area contributed by atoms with E-state index >= 15 is 4.39 Å². The second-order valence-corrected chi connectivity index (χ2v) is 16.5.